The van der Waals surface area contributed by atoms with E-state index in [4.69, 9.17) is 11.6 Å². The molecular formula is C16H18ClN3O. The van der Waals surface area contributed by atoms with E-state index in [1.807, 2.05) is 10.9 Å². The minimum absolute atomic E-state index is 0.0762. The maximum atomic E-state index is 12.0. The summed E-state index contributed by atoms with van der Waals surface area (Å²) in [6, 6.07) is 6.90. The third-order valence-electron chi connectivity index (χ3n) is 3.86. The molecule has 21 heavy (non-hydrogen) atoms. The van der Waals surface area contributed by atoms with Gasteiger partial charge in [-0.2, -0.15) is 5.10 Å². The molecule has 1 heterocycles. The number of rotatable bonds is 4. The van der Waals surface area contributed by atoms with Crippen LogP contribution < -0.4 is 5.32 Å². The van der Waals surface area contributed by atoms with Crippen molar-refractivity contribution in [3.63, 3.8) is 0 Å². The third kappa shape index (κ3) is 3.27. The summed E-state index contributed by atoms with van der Waals surface area (Å²) in [6.45, 7) is 1.30. The lowest BCUT2D eigenvalue weighted by Crippen LogP contribution is -2.28. The number of nitrogens with one attached hydrogen (secondary N) is 1. The lowest BCUT2D eigenvalue weighted by atomic mass is 9.98. The maximum Gasteiger partial charge on any atom is 0.251 e. The molecule has 0 spiro atoms. The Balaban J connectivity index is 1.55. The van der Waals surface area contributed by atoms with Crippen molar-refractivity contribution in [1.82, 2.24) is 15.1 Å². The van der Waals surface area contributed by atoms with E-state index >= 15 is 0 Å². The van der Waals surface area contributed by atoms with Gasteiger partial charge in [0.2, 0.25) is 0 Å². The molecule has 0 radical (unpaired) electrons. The van der Waals surface area contributed by atoms with Crippen LogP contribution in [-0.4, -0.2) is 22.2 Å². The van der Waals surface area contributed by atoms with Crippen molar-refractivity contribution in [2.24, 2.45) is 0 Å². The second-order valence-electron chi connectivity index (χ2n) is 5.31. The first-order chi connectivity index (χ1) is 10.2. The van der Waals surface area contributed by atoms with Crippen LogP contribution in [0, 0.1) is 0 Å². The topological polar surface area (TPSA) is 46.9 Å². The van der Waals surface area contributed by atoms with Crippen LogP contribution in [0.4, 0.5) is 0 Å². The molecule has 0 saturated carbocycles. The molecule has 1 aromatic heterocycles. The standard InChI is InChI=1S/C16H18ClN3O/c17-14-7-5-12(6-8-14)16(21)18-9-10-20-15-4-2-1-3-13(15)11-19-20/h5-8,11H,1-4,9-10H2,(H,18,21). The molecule has 0 aliphatic heterocycles. The Bertz CT molecular complexity index is 633. The van der Waals surface area contributed by atoms with Gasteiger partial charge in [-0.3, -0.25) is 9.48 Å². The fraction of sp³-hybridized carbons (Fsp3) is 0.375. The number of amides is 1. The van der Waals surface area contributed by atoms with E-state index < -0.39 is 0 Å². The highest BCUT2D eigenvalue weighted by molar-refractivity contribution is 6.30. The van der Waals surface area contributed by atoms with Crippen LogP contribution in [0.15, 0.2) is 30.5 Å². The fourth-order valence-corrected chi connectivity index (χ4v) is 2.85. The van der Waals surface area contributed by atoms with Crippen molar-refractivity contribution < 1.29 is 4.79 Å². The number of halogens is 1. The molecule has 1 aromatic carbocycles. The molecule has 110 valence electrons. The summed E-state index contributed by atoms with van der Waals surface area (Å²) in [4.78, 5) is 12.0. The molecule has 2 aromatic rings. The highest BCUT2D eigenvalue weighted by atomic mass is 35.5. The maximum absolute atomic E-state index is 12.0. The van der Waals surface area contributed by atoms with Gasteiger partial charge in [-0.05, 0) is 55.5 Å². The number of aromatic nitrogens is 2. The lowest BCUT2D eigenvalue weighted by Gasteiger charge is -2.14. The van der Waals surface area contributed by atoms with Gasteiger partial charge in [0.1, 0.15) is 0 Å². The zero-order valence-electron chi connectivity index (χ0n) is 11.8. The normalized spacial score (nSPS) is 13.8. The minimum Gasteiger partial charge on any atom is -0.350 e. The molecular weight excluding hydrogens is 286 g/mol. The first kappa shape index (κ1) is 14.1. The molecule has 1 N–H and O–H groups in total. The summed E-state index contributed by atoms with van der Waals surface area (Å²) in [5, 5.41) is 7.98. The van der Waals surface area contributed by atoms with Crippen LogP contribution in [0.3, 0.4) is 0 Å². The Kier molecular flexibility index (Phi) is 4.25. The second-order valence-corrected chi connectivity index (χ2v) is 5.75. The van der Waals surface area contributed by atoms with Gasteiger partial charge in [-0.1, -0.05) is 11.6 Å². The molecule has 5 heteroatoms. The van der Waals surface area contributed by atoms with Gasteiger partial charge >= 0.3 is 0 Å². The van der Waals surface area contributed by atoms with Gasteiger partial charge in [-0.25, -0.2) is 0 Å². The second kappa shape index (κ2) is 6.31. The molecule has 1 amide bonds. The average Bonchev–Trinajstić information content (AvgIpc) is 2.91. The molecule has 0 atom stereocenters. The van der Waals surface area contributed by atoms with E-state index in [2.05, 4.69) is 10.4 Å². The molecule has 3 rings (SSSR count). The molecule has 0 fully saturated rings. The van der Waals surface area contributed by atoms with Crippen LogP contribution in [0.25, 0.3) is 0 Å². The van der Waals surface area contributed by atoms with E-state index in [0.29, 0.717) is 23.7 Å². The largest absolute Gasteiger partial charge is 0.350 e. The Hall–Kier alpha value is -1.81. The van der Waals surface area contributed by atoms with E-state index in [1.165, 1.54) is 24.1 Å². The predicted molar refractivity (Wildman–Crippen MR) is 82.7 cm³/mol. The Morgan fingerprint density at radius 1 is 1.24 bits per heavy atom. The molecule has 1 aliphatic carbocycles. The highest BCUT2D eigenvalue weighted by Crippen LogP contribution is 2.20. The zero-order chi connectivity index (χ0) is 14.7. The summed E-state index contributed by atoms with van der Waals surface area (Å²) in [6.07, 6.45) is 6.68. The molecule has 1 aliphatic rings. The van der Waals surface area contributed by atoms with E-state index in [-0.39, 0.29) is 5.91 Å². The fourth-order valence-electron chi connectivity index (χ4n) is 2.73. The number of fused-ring (bicyclic) bond motifs is 1. The smallest absolute Gasteiger partial charge is 0.251 e. The number of aryl methyl sites for hydroxylation is 1. The van der Waals surface area contributed by atoms with Crippen LogP contribution in [0.1, 0.15) is 34.5 Å². The SMILES string of the molecule is O=C(NCCn1ncc2c1CCCC2)c1ccc(Cl)cc1. The van der Waals surface area contributed by atoms with Gasteiger partial charge in [0, 0.05) is 22.8 Å². The lowest BCUT2D eigenvalue weighted by molar-refractivity contribution is 0.0952. The minimum atomic E-state index is -0.0762. The van der Waals surface area contributed by atoms with Crippen molar-refractivity contribution >= 4 is 17.5 Å². The Morgan fingerprint density at radius 2 is 2.00 bits per heavy atom. The molecule has 0 saturated heterocycles. The van der Waals surface area contributed by atoms with Crippen molar-refractivity contribution in [1.29, 1.82) is 0 Å². The molecule has 0 bridgehead atoms. The molecule has 0 unspecified atom stereocenters. The van der Waals surface area contributed by atoms with Crippen LogP contribution in [0.2, 0.25) is 5.02 Å². The van der Waals surface area contributed by atoms with E-state index in [1.54, 1.807) is 24.3 Å². The first-order valence-corrected chi connectivity index (χ1v) is 7.69. The highest BCUT2D eigenvalue weighted by Gasteiger charge is 2.14. The number of benzene rings is 1. The van der Waals surface area contributed by atoms with Gasteiger partial charge in [0.25, 0.3) is 5.91 Å². The number of carbonyl (C=O) groups is 1. The summed E-state index contributed by atoms with van der Waals surface area (Å²) in [7, 11) is 0. The van der Waals surface area contributed by atoms with Crippen LogP contribution >= 0.6 is 11.6 Å². The van der Waals surface area contributed by atoms with Crippen molar-refractivity contribution in [3.8, 4) is 0 Å². The summed E-state index contributed by atoms with van der Waals surface area (Å²) in [5.41, 5.74) is 3.33. The van der Waals surface area contributed by atoms with Gasteiger partial charge < -0.3 is 5.32 Å². The van der Waals surface area contributed by atoms with Gasteiger partial charge in [0.15, 0.2) is 0 Å². The Morgan fingerprint density at radius 3 is 2.81 bits per heavy atom. The van der Waals surface area contributed by atoms with Crippen molar-refractivity contribution in [2.75, 3.05) is 6.54 Å². The first-order valence-electron chi connectivity index (χ1n) is 7.31. The number of hydrogen-bond acceptors (Lipinski definition) is 2. The van der Waals surface area contributed by atoms with E-state index in [9.17, 15) is 4.79 Å². The van der Waals surface area contributed by atoms with Crippen LogP contribution in [0.5, 0.6) is 0 Å². The van der Waals surface area contributed by atoms with Gasteiger partial charge in [0.05, 0.1) is 12.7 Å². The van der Waals surface area contributed by atoms with Crippen molar-refractivity contribution in [3.05, 3.63) is 52.3 Å². The summed E-state index contributed by atoms with van der Waals surface area (Å²) in [5.74, 6) is -0.0762. The Labute approximate surface area is 129 Å². The quantitative estimate of drug-likeness (QED) is 0.944. The van der Waals surface area contributed by atoms with Crippen molar-refractivity contribution in [2.45, 2.75) is 32.2 Å². The zero-order valence-corrected chi connectivity index (χ0v) is 12.6. The summed E-state index contributed by atoms with van der Waals surface area (Å²) >= 11 is 5.81. The number of carbonyl (C=O) groups excluding carboxylic acids is 1. The summed E-state index contributed by atoms with van der Waals surface area (Å²) < 4.78 is 2.02. The van der Waals surface area contributed by atoms with Gasteiger partial charge in [-0.15, -0.1) is 0 Å². The third-order valence-corrected chi connectivity index (χ3v) is 4.11. The predicted octanol–water partition coefficient (Wildman–Crippen LogP) is 2.85. The van der Waals surface area contributed by atoms with Crippen LogP contribution in [-0.2, 0) is 19.4 Å². The molecule has 4 nitrogen and oxygen atoms in total. The number of hydrogen-bond donors (Lipinski definition) is 1. The number of nitrogens with zero attached hydrogens (tertiary/aromatic N) is 2. The van der Waals surface area contributed by atoms with E-state index in [0.717, 1.165) is 12.8 Å². The average molecular weight is 304 g/mol. The monoisotopic (exact) mass is 303 g/mol.